The van der Waals surface area contributed by atoms with Crippen molar-refractivity contribution in [2.24, 2.45) is 0 Å². The molecule has 0 aliphatic heterocycles. The predicted molar refractivity (Wildman–Crippen MR) is 205 cm³/mol. The quantitative estimate of drug-likeness (QED) is 0.175. The topological polar surface area (TPSA) is 46.9 Å². The lowest BCUT2D eigenvalue weighted by molar-refractivity contribution is 1.35. The highest BCUT2D eigenvalue weighted by molar-refractivity contribution is 9.10. The van der Waals surface area contributed by atoms with Crippen LogP contribution in [0, 0.1) is 0 Å². The van der Waals surface area contributed by atoms with Gasteiger partial charge in [0.15, 0.2) is 0 Å². The molecule has 0 saturated heterocycles. The van der Waals surface area contributed by atoms with Crippen molar-refractivity contribution in [1.82, 2.24) is 8.80 Å². The monoisotopic (exact) mass is 712 g/mol. The Morgan fingerprint density at radius 1 is 0.447 bits per heavy atom. The van der Waals surface area contributed by atoms with Gasteiger partial charge >= 0.3 is 0 Å². The Kier molecular flexibility index (Phi) is 7.53. The molecule has 10 aromatic rings. The minimum absolute atomic E-state index is 0.618. The highest BCUT2D eigenvalue weighted by Gasteiger charge is 2.15. The fraction of sp³-hybridized carbons (Fsp3) is 0. The number of anilines is 3. The predicted octanol–water partition coefficient (Wildman–Crippen LogP) is 12.4. The van der Waals surface area contributed by atoms with Gasteiger partial charge in [0.05, 0.1) is 60.2 Å². The fourth-order valence-electron chi connectivity index (χ4n) is 6.43. The van der Waals surface area contributed by atoms with E-state index in [4.69, 9.17) is 28.9 Å². The van der Waals surface area contributed by atoms with Gasteiger partial charge in [0.1, 0.15) is 0 Å². The summed E-state index contributed by atoms with van der Waals surface area (Å²) in [5.74, 6) is 0. The summed E-state index contributed by atoms with van der Waals surface area (Å²) in [6, 6.07) is 49.4. The van der Waals surface area contributed by atoms with Gasteiger partial charge in [-0.15, -0.1) is 0 Å². The number of benzene rings is 4. The summed E-state index contributed by atoms with van der Waals surface area (Å²) < 4.78 is 5.79. The molecule has 0 radical (unpaired) electrons. The third-order valence-electron chi connectivity index (χ3n) is 8.53. The summed E-state index contributed by atoms with van der Waals surface area (Å²) in [6.07, 6.45) is 0. The Hall–Kier alpha value is -4.94. The minimum Gasteiger partial charge on any atom is -0.398 e. The van der Waals surface area contributed by atoms with Gasteiger partial charge < -0.3 is 19.9 Å². The molecule has 6 heterocycles. The first-order valence-electron chi connectivity index (χ1n) is 15.1. The van der Waals surface area contributed by atoms with Gasteiger partial charge in [-0.05, 0) is 76.6 Å². The van der Waals surface area contributed by atoms with Crippen molar-refractivity contribution in [3.63, 3.8) is 0 Å². The van der Waals surface area contributed by atoms with E-state index in [1.807, 2.05) is 36.4 Å². The molecule has 3 N–H and O–H groups in total. The number of aromatic nitrogens is 2. The zero-order valence-electron chi connectivity index (χ0n) is 25.0. The smallest absolute Gasteiger partial charge is 0.0698 e. The van der Waals surface area contributed by atoms with Crippen LogP contribution in [0.25, 0.3) is 54.6 Å². The lowest BCUT2D eigenvalue weighted by Crippen LogP contribution is -1.91. The van der Waals surface area contributed by atoms with E-state index in [0.29, 0.717) is 10.7 Å². The molecule has 4 aromatic carbocycles. The van der Waals surface area contributed by atoms with Crippen LogP contribution in [0.1, 0.15) is 0 Å². The van der Waals surface area contributed by atoms with E-state index in [1.54, 1.807) is 12.1 Å². The van der Waals surface area contributed by atoms with E-state index >= 15 is 0 Å². The fourth-order valence-corrected chi connectivity index (χ4v) is 7.27. The molecule has 0 spiro atoms. The molecular weight excluding hydrogens is 687 g/mol. The number of halogens is 3. The number of nitrogens with zero attached hydrogens (tertiary/aromatic N) is 2. The average Bonchev–Trinajstić information content (AvgIpc) is 3.83. The first-order valence-corrected chi connectivity index (χ1v) is 16.7. The second kappa shape index (κ2) is 12.0. The maximum atomic E-state index is 6.29. The van der Waals surface area contributed by atoms with Crippen molar-refractivity contribution in [2.45, 2.75) is 0 Å². The van der Waals surface area contributed by atoms with Crippen LogP contribution in [0.3, 0.4) is 0 Å². The number of nitrogen functional groups attached to an aromatic ring is 1. The maximum absolute atomic E-state index is 6.29. The molecule has 0 bridgehead atoms. The summed E-state index contributed by atoms with van der Waals surface area (Å²) in [4.78, 5) is 0. The summed E-state index contributed by atoms with van der Waals surface area (Å²) in [6.45, 7) is 0. The zero-order valence-corrected chi connectivity index (χ0v) is 28.1. The first-order chi connectivity index (χ1) is 23.0. The second-order valence-corrected chi connectivity index (χ2v) is 13.0. The number of fused-ring (bicyclic) bond motifs is 6. The van der Waals surface area contributed by atoms with E-state index in [-0.39, 0.29) is 0 Å². The average molecular weight is 714 g/mol. The molecule has 228 valence electrons. The summed E-state index contributed by atoms with van der Waals surface area (Å²) in [7, 11) is 0. The van der Waals surface area contributed by atoms with Crippen LogP contribution in [-0.2, 0) is 0 Å². The van der Waals surface area contributed by atoms with Gasteiger partial charge in [0.2, 0.25) is 0 Å². The standard InChI is InChI=1S/C20H13ClN2.C14H8BrN.C6H6ClN/c21-15-8-3-4-9-16(15)22-17-12-20-14-7-2-1-6-13(14)18-10-5-11-19(17)23(18)20;15-11-8-14-10-5-2-1-4-9(10)12-6-3-7-13(11)16(12)14;7-5-3-1-2-4-6(5)8/h1-12,22H;1-8H;1-4H,8H2. The Morgan fingerprint density at radius 2 is 0.915 bits per heavy atom. The lowest BCUT2D eigenvalue weighted by Gasteiger charge is -2.07. The molecule has 47 heavy (non-hydrogen) atoms. The first kappa shape index (κ1) is 29.5. The van der Waals surface area contributed by atoms with Gasteiger partial charge in [-0.2, -0.15) is 0 Å². The van der Waals surface area contributed by atoms with Gasteiger partial charge in [-0.1, -0.05) is 108 Å². The van der Waals surface area contributed by atoms with Crippen LogP contribution in [0.2, 0.25) is 10.0 Å². The second-order valence-electron chi connectivity index (χ2n) is 11.3. The number of nitrogens with two attached hydrogens (primary N) is 1. The molecule has 0 fully saturated rings. The van der Waals surface area contributed by atoms with Crippen LogP contribution in [0.15, 0.2) is 150 Å². The number of nitrogens with one attached hydrogen (secondary N) is 1. The molecule has 0 aliphatic carbocycles. The molecule has 0 aliphatic rings. The molecule has 0 unspecified atom stereocenters. The third kappa shape index (κ3) is 5.08. The number of rotatable bonds is 2. The molecule has 0 amide bonds. The van der Waals surface area contributed by atoms with Crippen molar-refractivity contribution >= 4 is 111 Å². The van der Waals surface area contributed by atoms with E-state index in [1.165, 1.54) is 53.6 Å². The molecule has 0 saturated carbocycles. The van der Waals surface area contributed by atoms with E-state index in [2.05, 4.69) is 127 Å². The van der Waals surface area contributed by atoms with Crippen LogP contribution < -0.4 is 11.1 Å². The molecule has 7 heteroatoms. The Morgan fingerprint density at radius 3 is 1.49 bits per heavy atom. The van der Waals surface area contributed by atoms with Crippen LogP contribution >= 0.6 is 39.1 Å². The van der Waals surface area contributed by atoms with E-state index in [0.717, 1.165) is 21.9 Å². The van der Waals surface area contributed by atoms with E-state index in [9.17, 15) is 0 Å². The van der Waals surface area contributed by atoms with Gasteiger partial charge in [-0.3, -0.25) is 0 Å². The normalized spacial score (nSPS) is 11.4. The summed E-state index contributed by atoms with van der Waals surface area (Å²) in [5.41, 5.74) is 15.4. The van der Waals surface area contributed by atoms with Crippen molar-refractivity contribution in [2.75, 3.05) is 11.1 Å². The molecule has 4 nitrogen and oxygen atoms in total. The van der Waals surface area contributed by atoms with Gasteiger partial charge in [0, 0.05) is 26.0 Å². The summed E-state index contributed by atoms with van der Waals surface area (Å²) >= 11 is 15.5. The van der Waals surface area contributed by atoms with Crippen molar-refractivity contribution in [3.05, 3.63) is 160 Å². The Bertz CT molecular complexity index is 2650. The molecule has 10 rings (SSSR count). The van der Waals surface area contributed by atoms with Gasteiger partial charge in [0.25, 0.3) is 0 Å². The number of para-hydroxylation sites is 2. The highest BCUT2D eigenvalue weighted by atomic mass is 79.9. The van der Waals surface area contributed by atoms with Gasteiger partial charge in [-0.25, -0.2) is 0 Å². The highest BCUT2D eigenvalue weighted by Crippen LogP contribution is 2.38. The van der Waals surface area contributed by atoms with E-state index < -0.39 is 0 Å². The number of hydrogen-bond acceptors (Lipinski definition) is 2. The SMILES string of the molecule is Brc1cc2c3ccccc3c3cccc1n32.Clc1ccccc1Nc1cc2c3ccccc3c3cccc1n32.Nc1ccccc1Cl. The molecule has 6 aromatic heterocycles. The Labute approximate surface area is 289 Å². The third-order valence-corrected chi connectivity index (χ3v) is 9.84. The zero-order chi connectivity index (χ0) is 32.1. The van der Waals surface area contributed by atoms with Crippen LogP contribution in [0.4, 0.5) is 17.1 Å². The van der Waals surface area contributed by atoms with Crippen LogP contribution in [0.5, 0.6) is 0 Å². The van der Waals surface area contributed by atoms with Crippen molar-refractivity contribution in [3.8, 4) is 0 Å². The summed E-state index contributed by atoms with van der Waals surface area (Å²) in [5, 5.41) is 10.0. The molecule has 0 atom stereocenters. The Balaban J connectivity index is 0.000000117. The maximum Gasteiger partial charge on any atom is 0.0698 e. The number of hydrogen-bond donors (Lipinski definition) is 2. The largest absolute Gasteiger partial charge is 0.398 e. The van der Waals surface area contributed by atoms with Crippen LogP contribution in [-0.4, -0.2) is 8.80 Å². The number of pyridine rings is 2. The lowest BCUT2D eigenvalue weighted by atomic mass is 10.1. The minimum atomic E-state index is 0.618. The van der Waals surface area contributed by atoms with Crippen molar-refractivity contribution < 1.29 is 0 Å². The molecular formula is C40H27BrCl2N4. The van der Waals surface area contributed by atoms with Crippen molar-refractivity contribution in [1.29, 1.82) is 0 Å².